The fourth-order valence-corrected chi connectivity index (χ4v) is 6.58. The molecule has 0 aliphatic heterocycles. The van der Waals surface area contributed by atoms with Gasteiger partial charge in [0.05, 0.1) is 0 Å². The summed E-state index contributed by atoms with van der Waals surface area (Å²) in [6, 6.07) is 12.1. The van der Waals surface area contributed by atoms with Crippen LogP contribution in [0.1, 0.15) is 49.7 Å². The molecule has 0 radical (unpaired) electrons. The van der Waals surface area contributed by atoms with Crippen molar-refractivity contribution in [1.82, 2.24) is 0 Å². The average molecular weight is 550 g/mol. The number of fused-ring (bicyclic) bond motifs is 2. The predicted molar refractivity (Wildman–Crippen MR) is 131 cm³/mol. The summed E-state index contributed by atoms with van der Waals surface area (Å²) in [7, 11) is 0. The van der Waals surface area contributed by atoms with Crippen molar-refractivity contribution in [2.45, 2.75) is 33.1 Å². The normalized spacial score (nSPS) is 11.4. The molecule has 0 saturated heterocycles. The Bertz CT molecular complexity index is 1170. The monoisotopic (exact) mass is 548 g/mol. The lowest BCUT2D eigenvalue weighted by molar-refractivity contribution is 0.0959. The molecule has 0 amide bonds. The lowest BCUT2D eigenvalue weighted by Crippen LogP contribution is -2.04. The maximum atomic E-state index is 12.9. The first kappa shape index (κ1) is 20.9. The van der Waals surface area contributed by atoms with Gasteiger partial charge < -0.3 is 0 Å². The van der Waals surface area contributed by atoms with E-state index in [1.807, 2.05) is 50.2 Å². The highest BCUT2D eigenvalue weighted by Gasteiger charge is 2.19. The Morgan fingerprint density at radius 1 is 0.759 bits per heavy atom. The minimum atomic E-state index is 0.120. The van der Waals surface area contributed by atoms with E-state index in [0.717, 1.165) is 50.0 Å². The Kier molecular flexibility index (Phi) is 6.07. The van der Waals surface area contributed by atoms with Crippen molar-refractivity contribution in [3.05, 3.63) is 66.2 Å². The lowest BCUT2D eigenvalue weighted by atomic mass is 9.99. The maximum Gasteiger partial charge on any atom is 0.164 e. The predicted octanol–water partition coefficient (Wildman–Crippen LogP) is 8.49. The van der Waals surface area contributed by atoms with Crippen LogP contribution in [-0.4, -0.2) is 11.6 Å². The van der Waals surface area contributed by atoms with Gasteiger partial charge >= 0.3 is 0 Å². The standard InChI is InChI=1S/C23H18Br2O2S2/c1-12-22(16-10-14(24)6-8-20(16)28-12)18(26)4-3-5-19(27)23-13(2)29-21-9-7-15(25)11-17(21)23/h6-11H,3-5H2,1-2H3. The van der Waals surface area contributed by atoms with Crippen molar-refractivity contribution in [1.29, 1.82) is 0 Å². The first-order valence-corrected chi connectivity index (χ1v) is 12.5. The second kappa shape index (κ2) is 8.42. The molecule has 0 fully saturated rings. The summed E-state index contributed by atoms with van der Waals surface area (Å²) >= 11 is 10.3. The largest absolute Gasteiger partial charge is 0.294 e. The minimum absolute atomic E-state index is 0.120. The van der Waals surface area contributed by atoms with Crippen molar-refractivity contribution in [3.8, 4) is 0 Å². The van der Waals surface area contributed by atoms with Crippen LogP contribution in [-0.2, 0) is 0 Å². The van der Waals surface area contributed by atoms with Crippen LogP contribution >= 0.6 is 54.5 Å². The van der Waals surface area contributed by atoms with Crippen LogP contribution < -0.4 is 0 Å². The molecule has 0 N–H and O–H groups in total. The molecule has 4 rings (SSSR count). The zero-order chi connectivity index (χ0) is 20.7. The minimum Gasteiger partial charge on any atom is -0.294 e. The quantitative estimate of drug-likeness (QED) is 0.226. The number of halogens is 2. The first-order chi connectivity index (χ1) is 13.8. The van der Waals surface area contributed by atoms with Crippen LogP contribution in [0.4, 0.5) is 0 Å². The molecular weight excluding hydrogens is 532 g/mol. The highest BCUT2D eigenvalue weighted by Crippen LogP contribution is 2.35. The van der Waals surface area contributed by atoms with Crippen LogP contribution in [0.5, 0.6) is 0 Å². The van der Waals surface area contributed by atoms with Gasteiger partial charge in [0, 0.05) is 62.8 Å². The molecule has 29 heavy (non-hydrogen) atoms. The van der Waals surface area contributed by atoms with Gasteiger partial charge in [0.25, 0.3) is 0 Å². The average Bonchev–Trinajstić information content (AvgIpc) is 3.16. The van der Waals surface area contributed by atoms with Gasteiger partial charge in [-0.05, 0) is 56.7 Å². The van der Waals surface area contributed by atoms with Gasteiger partial charge in [0.15, 0.2) is 11.6 Å². The van der Waals surface area contributed by atoms with Gasteiger partial charge in [-0.15, -0.1) is 22.7 Å². The zero-order valence-electron chi connectivity index (χ0n) is 16.0. The third kappa shape index (κ3) is 4.13. The molecule has 0 bridgehead atoms. The third-order valence-electron chi connectivity index (χ3n) is 5.02. The third-order valence-corrected chi connectivity index (χ3v) is 8.18. The number of hydrogen-bond donors (Lipinski definition) is 0. The zero-order valence-corrected chi connectivity index (χ0v) is 20.8. The van der Waals surface area contributed by atoms with Crippen LogP contribution in [0.25, 0.3) is 20.2 Å². The van der Waals surface area contributed by atoms with Crippen LogP contribution in [0.15, 0.2) is 45.3 Å². The number of aryl methyl sites for hydroxylation is 2. The highest BCUT2D eigenvalue weighted by atomic mass is 79.9. The number of thiophene rings is 2. The Hall–Kier alpha value is -1.34. The molecular formula is C23H18Br2O2S2. The molecule has 4 aromatic rings. The second-order valence-electron chi connectivity index (χ2n) is 7.05. The van der Waals surface area contributed by atoms with Crippen LogP contribution in [0.3, 0.4) is 0 Å². The molecule has 2 heterocycles. The topological polar surface area (TPSA) is 34.1 Å². The van der Waals surface area contributed by atoms with Gasteiger partial charge in [-0.3, -0.25) is 9.59 Å². The van der Waals surface area contributed by atoms with Crippen molar-refractivity contribution in [2.24, 2.45) is 0 Å². The van der Waals surface area contributed by atoms with E-state index >= 15 is 0 Å². The Labute approximate surface area is 194 Å². The SMILES string of the molecule is Cc1sc2ccc(Br)cc2c1C(=O)CCCC(=O)c1c(C)sc2ccc(Br)cc12. The molecule has 0 aliphatic carbocycles. The number of Topliss-reactive ketones (excluding diaryl/α,β-unsaturated/α-hetero) is 2. The molecule has 0 spiro atoms. The Balaban J connectivity index is 1.50. The second-order valence-corrected chi connectivity index (χ2v) is 11.4. The number of hydrogen-bond acceptors (Lipinski definition) is 4. The summed E-state index contributed by atoms with van der Waals surface area (Å²) in [5.41, 5.74) is 1.61. The molecule has 0 aliphatic rings. The summed E-state index contributed by atoms with van der Waals surface area (Å²) in [5.74, 6) is 0.239. The number of benzene rings is 2. The number of carbonyl (C=O) groups is 2. The number of rotatable bonds is 6. The molecule has 2 nitrogen and oxygen atoms in total. The van der Waals surface area contributed by atoms with E-state index in [1.54, 1.807) is 22.7 Å². The van der Waals surface area contributed by atoms with E-state index in [0.29, 0.717) is 19.3 Å². The molecule has 148 valence electrons. The van der Waals surface area contributed by atoms with Gasteiger partial charge in [0.1, 0.15) is 0 Å². The van der Waals surface area contributed by atoms with E-state index in [1.165, 1.54) is 0 Å². The maximum absolute atomic E-state index is 12.9. The number of ketones is 2. The van der Waals surface area contributed by atoms with E-state index in [9.17, 15) is 9.59 Å². The van der Waals surface area contributed by atoms with E-state index in [4.69, 9.17) is 0 Å². The molecule has 0 unspecified atom stereocenters. The Morgan fingerprint density at radius 2 is 1.17 bits per heavy atom. The smallest absolute Gasteiger partial charge is 0.164 e. The van der Waals surface area contributed by atoms with Gasteiger partial charge in [-0.2, -0.15) is 0 Å². The highest BCUT2D eigenvalue weighted by molar-refractivity contribution is 9.10. The summed E-state index contributed by atoms with van der Waals surface area (Å²) < 4.78 is 4.18. The van der Waals surface area contributed by atoms with Crippen molar-refractivity contribution in [2.75, 3.05) is 0 Å². The van der Waals surface area contributed by atoms with E-state index in [2.05, 4.69) is 31.9 Å². The molecule has 6 heteroatoms. The van der Waals surface area contributed by atoms with Crippen molar-refractivity contribution in [3.63, 3.8) is 0 Å². The first-order valence-electron chi connectivity index (χ1n) is 9.29. The van der Waals surface area contributed by atoms with Crippen LogP contribution in [0.2, 0.25) is 0 Å². The van der Waals surface area contributed by atoms with E-state index < -0.39 is 0 Å². The number of carbonyl (C=O) groups excluding carboxylic acids is 2. The molecule has 2 aromatic carbocycles. The molecule has 2 aromatic heterocycles. The molecule has 0 saturated carbocycles. The fourth-order valence-electron chi connectivity index (χ4n) is 3.74. The summed E-state index contributed by atoms with van der Waals surface area (Å²) in [6.45, 7) is 3.99. The van der Waals surface area contributed by atoms with Gasteiger partial charge in [-0.25, -0.2) is 0 Å². The van der Waals surface area contributed by atoms with E-state index in [-0.39, 0.29) is 11.6 Å². The van der Waals surface area contributed by atoms with Crippen molar-refractivity contribution >= 4 is 86.3 Å². The fraction of sp³-hybridized carbons (Fsp3) is 0.217. The molecule has 0 atom stereocenters. The van der Waals surface area contributed by atoms with Crippen LogP contribution in [0, 0.1) is 13.8 Å². The Morgan fingerprint density at radius 3 is 1.59 bits per heavy atom. The summed E-state index contributed by atoms with van der Waals surface area (Å²) in [6.07, 6.45) is 1.33. The lowest BCUT2D eigenvalue weighted by Gasteiger charge is -2.04. The summed E-state index contributed by atoms with van der Waals surface area (Å²) in [4.78, 5) is 27.9. The summed E-state index contributed by atoms with van der Waals surface area (Å²) in [5, 5.41) is 2.01. The van der Waals surface area contributed by atoms with Crippen molar-refractivity contribution < 1.29 is 9.59 Å². The van der Waals surface area contributed by atoms with Gasteiger partial charge in [-0.1, -0.05) is 31.9 Å². The van der Waals surface area contributed by atoms with Gasteiger partial charge in [0.2, 0.25) is 0 Å².